The molecule has 0 radical (unpaired) electrons. The van der Waals surface area contributed by atoms with E-state index in [2.05, 4.69) is 29.6 Å². The van der Waals surface area contributed by atoms with Crippen LogP contribution in [0.25, 0.3) is 11.1 Å². The maximum atomic E-state index is 12.8. The van der Waals surface area contributed by atoms with Gasteiger partial charge in [-0.3, -0.25) is 14.4 Å². The van der Waals surface area contributed by atoms with Crippen molar-refractivity contribution in [2.24, 2.45) is 5.92 Å². The number of benzene rings is 3. The molecule has 3 aromatic rings. The molecule has 1 N–H and O–H groups in total. The van der Waals surface area contributed by atoms with E-state index in [4.69, 9.17) is 9.47 Å². The van der Waals surface area contributed by atoms with Crippen LogP contribution in [0.4, 0.5) is 0 Å². The molecule has 2 atom stereocenters. The summed E-state index contributed by atoms with van der Waals surface area (Å²) in [6.07, 6.45) is 0.961. The van der Waals surface area contributed by atoms with Gasteiger partial charge in [0.25, 0.3) is 0 Å². The first kappa shape index (κ1) is 29.6. The molecule has 6 heteroatoms. The summed E-state index contributed by atoms with van der Waals surface area (Å²) in [5.41, 5.74) is 3.59. The highest BCUT2D eigenvalue weighted by molar-refractivity contribution is 5.81. The zero-order valence-corrected chi connectivity index (χ0v) is 23.3. The van der Waals surface area contributed by atoms with Gasteiger partial charge in [-0.15, -0.1) is 0 Å². The van der Waals surface area contributed by atoms with Crippen molar-refractivity contribution in [3.05, 3.63) is 96.1 Å². The van der Waals surface area contributed by atoms with Crippen LogP contribution in [0.15, 0.2) is 84.9 Å². The Morgan fingerprint density at radius 2 is 1.36 bits per heavy atom. The molecule has 1 amide bonds. The first-order valence-electron chi connectivity index (χ1n) is 13.4. The highest BCUT2D eigenvalue weighted by atomic mass is 16.6. The van der Waals surface area contributed by atoms with Crippen molar-refractivity contribution in [2.75, 3.05) is 0 Å². The van der Waals surface area contributed by atoms with Crippen molar-refractivity contribution in [3.63, 3.8) is 0 Å². The van der Waals surface area contributed by atoms with Gasteiger partial charge in [0.15, 0.2) is 0 Å². The van der Waals surface area contributed by atoms with Gasteiger partial charge in [-0.25, -0.2) is 0 Å². The Bertz CT molecular complexity index is 1200. The zero-order chi connectivity index (χ0) is 28.3. The Morgan fingerprint density at radius 3 is 1.97 bits per heavy atom. The molecule has 3 rings (SSSR count). The summed E-state index contributed by atoms with van der Waals surface area (Å²) in [5, 5.41) is 3.04. The van der Waals surface area contributed by atoms with Crippen molar-refractivity contribution < 1.29 is 23.9 Å². The average Bonchev–Trinajstić information content (AvgIpc) is 2.91. The van der Waals surface area contributed by atoms with Crippen LogP contribution in [-0.4, -0.2) is 29.5 Å². The lowest BCUT2D eigenvalue weighted by Crippen LogP contribution is -2.39. The SMILES string of the molecule is C[C@H](C[C@@H](Cc1ccc(-c2ccccc2)cc1)NC(=O)CCC(=O)OCc1ccccc1)C(=O)OC(C)(C)C. The minimum atomic E-state index is -0.586. The number of ether oxygens (including phenoxy) is 2. The smallest absolute Gasteiger partial charge is 0.309 e. The van der Waals surface area contributed by atoms with Crippen LogP contribution in [0.1, 0.15) is 58.1 Å². The van der Waals surface area contributed by atoms with E-state index < -0.39 is 17.5 Å². The number of hydrogen-bond donors (Lipinski definition) is 1. The fourth-order valence-corrected chi connectivity index (χ4v) is 4.19. The quantitative estimate of drug-likeness (QED) is 0.280. The Labute approximate surface area is 231 Å². The van der Waals surface area contributed by atoms with Crippen LogP contribution in [0, 0.1) is 5.92 Å². The second-order valence-corrected chi connectivity index (χ2v) is 10.8. The standard InChI is InChI=1S/C33H39NO5/c1-24(32(37)39-33(2,3)4)21-29(22-25-15-17-28(18-16-25)27-13-9-6-10-14-27)34-30(35)19-20-31(36)38-23-26-11-7-5-8-12-26/h5-18,24,29H,19-23H2,1-4H3,(H,34,35)/t24-,29+/m1/s1. The lowest BCUT2D eigenvalue weighted by molar-refractivity contribution is -0.160. The number of nitrogens with one attached hydrogen (secondary N) is 1. The van der Waals surface area contributed by atoms with Gasteiger partial charge in [0.05, 0.1) is 12.3 Å². The Balaban J connectivity index is 1.60. The Morgan fingerprint density at radius 1 is 0.769 bits per heavy atom. The normalized spacial score (nSPS) is 12.7. The van der Waals surface area contributed by atoms with Crippen LogP contribution in [0.2, 0.25) is 0 Å². The molecule has 0 aromatic heterocycles. The minimum Gasteiger partial charge on any atom is -0.461 e. The van der Waals surface area contributed by atoms with Gasteiger partial charge in [0.2, 0.25) is 5.91 Å². The Hall–Kier alpha value is -3.93. The second kappa shape index (κ2) is 14.3. The summed E-state index contributed by atoms with van der Waals surface area (Å²) in [5.74, 6) is -1.39. The molecule has 3 aromatic carbocycles. The van der Waals surface area contributed by atoms with Crippen molar-refractivity contribution >= 4 is 17.8 Å². The summed E-state index contributed by atoms with van der Waals surface area (Å²) in [7, 11) is 0. The number of carbonyl (C=O) groups is 3. The predicted octanol–water partition coefficient (Wildman–Crippen LogP) is 6.27. The van der Waals surface area contributed by atoms with Crippen LogP contribution in [0.3, 0.4) is 0 Å². The van der Waals surface area contributed by atoms with E-state index in [0.717, 1.165) is 22.3 Å². The van der Waals surface area contributed by atoms with Crippen molar-refractivity contribution in [2.45, 2.75) is 71.6 Å². The zero-order valence-electron chi connectivity index (χ0n) is 23.3. The van der Waals surface area contributed by atoms with Gasteiger partial charge in [-0.05, 0) is 55.9 Å². The molecule has 0 aliphatic carbocycles. The monoisotopic (exact) mass is 529 g/mol. The second-order valence-electron chi connectivity index (χ2n) is 10.8. The highest BCUT2D eigenvalue weighted by Crippen LogP contribution is 2.21. The molecular formula is C33H39NO5. The third-order valence-electron chi connectivity index (χ3n) is 6.15. The van der Waals surface area contributed by atoms with E-state index in [1.54, 1.807) is 0 Å². The molecule has 0 spiro atoms. The van der Waals surface area contributed by atoms with Gasteiger partial charge in [-0.1, -0.05) is 91.9 Å². The summed E-state index contributed by atoms with van der Waals surface area (Å²) in [6.45, 7) is 7.50. The summed E-state index contributed by atoms with van der Waals surface area (Å²) >= 11 is 0. The summed E-state index contributed by atoms with van der Waals surface area (Å²) in [6, 6.07) is 27.4. The molecule has 0 saturated carbocycles. The molecule has 0 aliphatic heterocycles. The summed E-state index contributed by atoms with van der Waals surface area (Å²) < 4.78 is 10.8. The van der Waals surface area contributed by atoms with E-state index in [1.807, 2.05) is 88.4 Å². The molecule has 0 bridgehead atoms. The lowest BCUT2D eigenvalue weighted by Gasteiger charge is -2.25. The van der Waals surface area contributed by atoms with Gasteiger partial charge < -0.3 is 14.8 Å². The van der Waals surface area contributed by atoms with Crippen LogP contribution < -0.4 is 5.32 Å². The third-order valence-corrected chi connectivity index (χ3v) is 6.15. The molecule has 0 aliphatic rings. The molecule has 6 nitrogen and oxygen atoms in total. The van der Waals surface area contributed by atoms with Gasteiger partial charge in [0, 0.05) is 12.5 Å². The van der Waals surface area contributed by atoms with Crippen molar-refractivity contribution in [1.82, 2.24) is 5.32 Å². The van der Waals surface area contributed by atoms with Crippen LogP contribution >= 0.6 is 0 Å². The first-order valence-corrected chi connectivity index (χ1v) is 13.4. The van der Waals surface area contributed by atoms with Gasteiger partial charge >= 0.3 is 11.9 Å². The molecule has 0 fully saturated rings. The molecule has 0 unspecified atom stereocenters. The van der Waals surface area contributed by atoms with Crippen molar-refractivity contribution in [1.29, 1.82) is 0 Å². The van der Waals surface area contributed by atoms with Crippen molar-refractivity contribution in [3.8, 4) is 11.1 Å². The van der Waals surface area contributed by atoms with Crippen LogP contribution in [-0.2, 0) is 36.9 Å². The fraction of sp³-hybridized carbons (Fsp3) is 0.364. The molecule has 0 heterocycles. The number of esters is 2. The maximum absolute atomic E-state index is 12.8. The molecule has 0 saturated heterocycles. The third kappa shape index (κ3) is 10.8. The number of carbonyl (C=O) groups excluding carboxylic acids is 3. The lowest BCUT2D eigenvalue weighted by atomic mass is 9.94. The van der Waals surface area contributed by atoms with E-state index in [-0.39, 0.29) is 37.4 Å². The molecule has 39 heavy (non-hydrogen) atoms. The topological polar surface area (TPSA) is 81.7 Å². The van der Waals surface area contributed by atoms with E-state index in [0.29, 0.717) is 12.8 Å². The largest absolute Gasteiger partial charge is 0.461 e. The average molecular weight is 530 g/mol. The molecule has 206 valence electrons. The summed E-state index contributed by atoms with van der Waals surface area (Å²) in [4.78, 5) is 37.6. The van der Waals surface area contributed by atoms with Gasteiger partial charge in [0.1, 0.15) is 12.2 Å². The number of hydrogen-bond acceptors (Lipinski definition) is 5. The maximum Gasteiger partial charge on any atom is 0.309 e. The predicted molar refractivity (Wildman–Crippen MR) is 153 cm³/mol. The first-order chi connectivity index (χ1) is 18.6. The van der Waals surface area contributed by atoms with E-state index >= 15 is 0 Å². The van der Waals surface area contributed by atoms with Crippen LogP contribution in [0.5, 0.6) is 0 Å². The Kier molecular flexibility index (Phi) is 10.9. The number of amides is 1. The number of rotatable bonds is 12. The van der Waals surface area contributed by atoms with E-state index in [9.17, 15) is 14.4 Å². The molecular weight excluding hydrogens is 490 g/mol. The highest BCUT2D eigenvalue weighted by Gasteiger charge is 2.25. The van der Waals surface area contributed by atoms with E-state index in [1.165, 1.54) is 0 Å². The fourth-order valence-electron chi connectivity index (χ4n) is 4.19. The van der Waals surface area contributed by atoms with Gasteiger partial charge in [-0.2, -0.15) is 0 Å². The minimum absolute atomic E-state index is 0.0118.